The first-order chi connectivity index (χ1) is 8.50. The van der Waals surface area contributed by atoms with Gasteiger partial charge in [-0.1, -0.05) is 6.42 Å². The summed E-state index contributed by atoms with van der Waals surface area (Å²) in [5.41, 5.74) is -0.267. The maximum Gasteiger partial charge on any atom is 0.323 e. The molecule has 0 saturated carbocycles. The first-order valence-electron chi connectivity index (χ1n) is 6.73. The summed E-state index contributed by atoms with van der Waals surface area (Å²) in [5.74, 6) is -0.116. The molecule has 0 aromatic heterocycles. The van der Waals surface area contributed by atoms with Crippen molar-refractivity contribution < 1.29 is 9.53 Å². The molecule has 0 aliphatic carbocycles. The molecular weight excluding hydrogens is 228 g/mol. The molecule has 0 aromatic rings. The Hall–Kier alpha value is -1.08. The Morgan fingerprint density at radius 3 is 2.83 bits per heavy atom. The van der Waals surface area contributed by atoms with Gasteiger partial charge in [-0.2, -0.15) is 5.26 Å². The monoisotopic (exact) mass is 252 g/mol. The van der Waals surface area contributed by atoms with Gasteiger partial charge < -0.3 is 4.74 Å². The SMILES string of the molecule is COC(=O)C1CCCCN1CCCC(C)(C)C#N. The van der Waals surface area contributed by atoms with Gasteiger partial charge in [-0.15, -0.1) is 0 Å². The minimum absolute atomic E-state index is 0.0750. The van der Waals surface area contributed by atoms with E-state index in [9.17, 15) is 4.79 Å². The number of nitriles is 1. The molecule has 1 aliphatic heterocycles. The highest BCUT2D eigenvalue weighted by Gasteiger charge is 2.29. The summed E-state index contributed by atoms with van der Waals surface area (Å²) in [6.07, 6.45) is 4.96. The number of methoxy groups -OCH3 is 1. The lowest BCUT2D eigenvalue weighted by molar-refractivity contribution is -0.148. The fraction of sp³-hybridized carbons (Fsp3) is 0.857. The van der Waals surface area contributed by atoms with Crippen LogP contribution < -0.4 is 0 Å². The predicted molar refractivity (Wildman–Crippen MR) is 69.9 cm³/mol. The molecule has 1 rings (SSSR count). The minimum atomic E-state index is -0.267. The molecule has 4 nitrogen and oxygen atoms in total. The molecule has 0 bridgehead atoms. The Labute approximate surface area is 110 Å². The highest BCUT2D eigenvalue weighted by Crippen LogP contribution is 2.23. The number of hydrogen-bond donors (Lipinski definition) is 0. The van der Waals surface area contributed by atoms with Crippen LogP contribution in [0.4, 0.5) is 0 Å². The molecule has 0 aromatic carbocycles. The van der Waals surface area contributed by atoms with Gasteiger partial charge in [-0.3, -0.25) is 9.69 Å². The lowest BCUT2D eigenvalue weighted by Gasteiger charge is -2.34. The molecule has 0 N–H and O–H groups in total. The molecule has 102 valence electrons. The Morgan fingerprint density at radius 1 is 1.50 bits per heavy atom. The van der Waals surface area contributed by atoms with Crippen molar-refractivity contribution in [3.8, 4) is 6.07 Å². The number of nitrogens with zero attached hydrogens (tertiary/aromatic N) is 2. The van der Waals surface area contributed by atoms with E-state index in [1.807, 2.05) is 13.8 Å². The van der Waals surface area contributed by atoms with Crippen LogP contribution in [-0.4, -0.2) is 37.1 Å². The van der Waals surface area contributed by atoms with Gasteiger partial charge >= 0.3 is 5.97 Å². The Balaban J connectivity index is 2.43. The van der Waals surface area contributed by atoms with E-state index in [1.54, 1.807) is 0 Å². The molecule has 1 saturated heterocycles. The van der Waals surface area contributed by atoms with Crippen LogP contribution in [0.2, 0.25) is 0 Å². The average Bonchev–Trinajstić information content (AvgIpc) is 2.38. The summed E-state index contributed by atoms with van der Waals surface area (Å²) in [5, 5.41) is 8.97. The zero-order chi connectivity index (χ0) is 13.6. The second kappa shape index (κ2) is 6.75. The molecule has 1 aliphatic rings. The third-order valence-corrected chi connectivity index (χ3v) is 3.64. The lowest BCUT2D eigenvalue weighted by Crippen LogP contribution is -2.45. The topological polar surface area (TPSA) is 53.3 Å². The summed E-state index contributed by atoms with van der Waals surface area (Å²) in [7, 11) is 1.45. The minimum Gasteiger partial charge on any atom is -0.468 e. The largest absolute Gasteiger partial charge is 0.468 e. The van der Waals surface area contributed by atoms with E-state index in [1.165, 1.54) is 7.11 Å². The van der Waals surface area contributed by atoms with Crippen LogP contribution in [-0.2, 0) is 9.53 Å². The smallest absolute Gasteiger partial charge is 0.323 e. The van der Waals surface area contributed by atoms with Gasteiger partial charge in [-0.25, -0.2) is 0 Å². The second-order valence-electron chi connectivity index (χ2n) is 5.67. The van der Waals surface area contributed by atoms with E-state index < -0.39 is 0 Å². The first-order valence-corrected chi connectivity index (χ1v) is 6.73. The van der Waals surface area contributed by atoms with Crippen molar-refractivity contribution in [2.24, 2.45) is 5.41 Å². The number of hydrogen-bond acceptors (Lipinski definition) is 4. The van der Waals surface area contributed by atoms with E-state index in [4.69, 9.17) is 10.00 Å². The third-order valence-electron chi connectivity index (χ3n) is 3.64. The number of ether oxygens (including phenoxy) is 1. The van der Waals surface area contributed by atoms with E-state index in [-0.39, 0.29) is 17.4 Å². The summed E-state index contributed by atoms with van der Waals surface area (Å²) in [6, 6.07) is 2.24. The van der Waals surface area contributed by atoms with Crippen LogP contribution in [0, 0.1) is 16.7 Å². The number of carbonyl (C=O) groups is 1. The standard InChI is InChI=1S/C14H24N2O2/c1-14(2,11-15)8-6-10-16-9-5-4-7-12(16)13(17)18-3/h12H,4-10H2,1-3H3. The fourth-order valence-electron chi connectivity index (χ4n) is 2.44. The quantitative estimate of drug-likeness (QED) is 0.705. The van der Waals surface area contributed by atoms with Gasteiger partial charge in [0.05, 0.1) is 18.6 Å². The van der Waals surface area contributed by atoms with Gasteiger partial charge in [-0.05, 0) is 52.6 Å². The highest BCUT2D eigenvalue weighted by molar-refractivity contribution is 5.75. The molecular formula is C14H24N2O2. The molecule has 0 radical (unpaired) electrons. The summed E-state index contributed by atoms with van der Waals surface area (Å²) in [6.45, 7) is 5.76. The van der Waals surface area contributed by atoms with E-state index in [0.29, 0.717) is 0 Å². The molecule has 0 amide bonds. The van der Waals surface area contributed by atoms with Crippen LogP contribution in [0.3, 0.4) is 0 Å². The molecule has 1 heterocycles. The van der Waals surface area contributed by atoms with Crippen LogP contribution in [0.25, 0.3) is 0 Å². The third kappa shape index (κ3) is 4.30. The molecule has 4 heteroatoms. The van der Waals surface area contributed by atoms with Gasteiger partial charge in [0.25, 0.3) is 0 Å². The van der Waals surface area contributed by atoms with Crippen LogP contribution in [0.5, 0.6) is 0 Å². The summed E-state index contributed by atoms with van der Waals surface area (Å²) >= 11 is 0. The maximum absolute atomic E-state index is 11.7. The van der Waals surface area contributed by atoms with Gasteiger partial charge in [0.2, 0.25) is 0 Å². The highest BCUT2D eigenvalue weighted by atomic mass is 16.5. The normalized spacial score (nSPS) is 21.3. The number of likely N-dealkylation sites (tertiary alicyclic amines) is 1. The fourth-order valence-corrected chi connectivity index (χ4v) is 2.44. The molecule has 1 fully saturated rings. The Morgan fingerprint density at radius 2 is 2.22 bits per heavy atom. The average molecular weight is 252 g/mol. The molecule has 1 atom stereocenters. The van der Waals surface area contributed by atoms with Gasteiger partial charge in [0.1, 0.15) is 6.04 Å². The Bertz CT molecular complexity index is 320. The van der Waals surface area contributed by atoms with Crippen molar-refractivity contribution in [3.05, 3.63) is 0 Å². The number of esters is 1. The van der Waals surface area contributed by atoms with Crippen molar-refractivity contribution in [2.75, 3.05) is 20.2 Å². The van der Waals surface area contributed by atoms with Gasteiger partial charge in [0, 0.05) is 0 Å². The molecule has 0 spiro atoms. The van der Waals surface area contributed by atoms with E-state index in [0.717, 1.165) is 45.2 Å². The van der Waals surface area contributed by atoms with Crippen LogP contribution in [0.15, 0.2) is 0 Å². The summed E-state index contributed by atoms with van der Waals surface area (Å²) < 4.78 is 4.86. The van der Waals surface area contributed by atoms with E-state index in [2.05, 4.69) is 11.0 Å². The molecule has 18 heavy (non-hydrogen) atoms. The van der Waals surface area contributed by atoms with Crippen molar-refractivity contribution in [3.63, 3.8) is 0 Å². The second-order valence-corrected chi connectivity index (χ2v) is 5.67. The van der Waals surface area contributed by atoms with Crippen LogP contribution in [0.1, 0.15) is 46.0 Å². The predicted octanol–water partition coefficient (Wildman–Crippen LogP) is 2.34. The number of carbonyl (C=O) groups excluding carboxylic acids is 1. The first kappa shape index (κ1) is 15.0. The maximum atomic E-state index is 11.7. The molecule has 1 unspecified atom stereocenters. The zero-order valence-corrected chi connectivity index (χ0v) is 11.7. The van der Waals surface area contributed by atoms with Crippen LogP contribution >= 0.6 is 0 Å². The van der Waals surface area contributed by atoms with Gasteiger partial charge in [0.15, 0.2) is 0 Å². The zero-order valence-electron chi connectivity index (χ0n) is 11.7. The van der Waals surface area contributed by atoms with E-state index >= 15 is 0 Å². The summed E-state index contributed by atoms with van der Waals surface area (Å²) in [4.78, 5) is 13.9. The number of piperidine rings is 1. The van der Waals surface area contributed by atoms with Crippen molar-refractivity contribution in [1.29, 1.82) is 5.26 Å². The van der Waals surface area contributed by atoms with Crippen molar-refractivity contribution in [1.82, 2.24) is 4.90 Å². The van der Waals surface area contributed by atoms with Crippen molar-refractivity contribution >= 4 is 5.97 Å². The lowest BCUT2D eigenvalue weighted by atomic mass is 9.89. The Kier molecular flexibility index (Phi) is 5.61. The van der Waals surface area contributed by atoms with Crippen molar-refractivity contribution in [2.45, 2.75) is 52.0 Å². The number of rotatable bonds is 5.